The van der Waals surface area contributed by atoms with Crippen molar-refractivity contribution >= 4 is 11.6 Å². The number of carbonyl (C=O) groups excluding carboxylic acids is 1. The number of para-hydroxylation sites is 1. The quantitative estimate of drug-likeness (QED) is 0.702. The van der Waals surface area contributed by atoms with Gasteiger partial charge in [0.25, 0.3) is 0 Å². The Bertz CT molecular complexity index is 436. The molecule has 1 fully saturated rings. The van der Waals surface area contributed by atoms with Gasteiger partial charge >= 0.3 is 0 Å². The van der Waals surface area contributed by atoms with E-state index < -0.39 is 6.10 Å². The van der Waals surface area contributed by atoms with Gasteiger partial charge in [-0.2, -0.15) is 0 Å². The van der Waals surface area contributed by atoms with E-state index in [1.807, 2.05) is 37.3 Å². The Morgan fingerprint density at radius 1 is 1.33 bits per heavy atom. The smallest absolute Gasteiger partial charge is 0.238 e. The van der Waals surface area contributed by atoms with Gasteiger partial charge in [-0.3, -0.25) is 15.6 Å². The standard InChI is InChI=1S/C16H24N2O3/c1-2-21-14-10-6-7-12(16(14)20)11-15(19)18-17-13-8-4-3-5-9-13/h3-5,8-9,12,14,16-17,20H,2,6-7,10-11H2,1H3,(H,18,19)/t12-,14-,16+/m1/s1. The van der Waals surface area contributed by atoms with Crippen LogP contribution in [0.1, 0.15) is 32.6 Å². The lowest BCUT2D eigenvalue weighted by atomic mass is 9.82. The van der Waals surface area contributed by atoms with E-state index in [0.29, 0.717) is 13.0 Å². The summed E-state index contributed by atoms with van der Waals surface area (Å²) in [4.78, 5) is 12.0. The largest absolute Gasteiger partial charge is 0.390 e. The number of rotatable bonds is 6. The minimum atomic E-state index is -0.554. The Hall–Kier alpha value is -1.59. The van der Waals surface area contributed by atoms with Crippen molar-refractivity contribution in [3.05, 3.63) is 30.3 Å². The average molecular weight is 292 g/mol. The maximum Gasteiger partial charge on any atom is 0.238 e. The summed E-state index contributed by atoms with van der Waals surface area (Å²) in [7, 11) is 0. The fourth-order valence-corrected chi connectivity index (χ4v) is 2.80. The lowest BCUT2D eigenvalue weighted by Crippen LogP contribution is -2.42. The van der Waals surface area contributed by atoms with E-state index in [4.69, 9.17) is 4.74 Å². The number of hydrogen-bond donors (Lipinski definition) is 3. The lowest BCUT2D eigenvalue weighted by Gasteiger charge is -2.34. The predicted octanol–water partition coefficient (Wildman–Crippen LogP) is 2.09. The summed E-state index contributed by atoms with van der Waals surface area (Å²) in [6.45, 7) is 2.52. The predicted molar refractivity (Wildman–Crippen MR) is 81.6 cm³/mol. The minimum absolute atomic E-state index is 0.0344. The molecule has 0 aromatic heterocycles. The molecule has 0 radical (unpaired) electrons. The van der Waals surface area contributed by atoms with Crippen molar-refractivity contribution < 1.29 is 14.6 Å². The first-order valence-corrected chi connectivity index (χ1v) is 7.60. The molecule has 5 nitrogen and oxygen atoms in total. The van der Waals surface area contributed by atoms with Crippen LogP contribution in [-0.4, -0.2) is 29.8 Å². The maximum atomic E-state index is 12.0. The van der Waals surface area contributed by atoms with Gasteiger partial charge in [-0.15, -0.1) is 0 Å². The first kappa shape index (κ1) is 15.8. The van der Waals surface area contributed by atoms with Gasteiger partial charge in [-0.05, 0) is 37.8 Å². The number of amides is 1. The number of aliphatic hydroxyl groups is 1. The average Bonchev–Trinajstić information content (AvgIpc) is 2.50. The second-order valence-electron chi connectivity index (χ2n) is 5.42. The van der Waals surface area contributed by atoms with Crippen LogP contribution in [0.3, 0.4) is 0 Å². The van der Waals surface area contributed by atoms with E-state index in [9.17, 15) is 9.90 Å². The molecule has 0 heterocycles. The molecule has 1 aromatic carbocycles. The number of carbonyl (C=O) groups is 1. The normalized spacial score (nSPS) is 25.3. The number of aliphatic hydroxyl groups excluding tert-OH is 1. The maximum absolute atomic E-state index is 12.0. The lowest BCUT2D eigenvalue weighted by molar-refractivity contribution is -0.126. The monoisotopic (exact) mass is 292 g/mol. The van der Waals surface area contributed by atoms with Crippen LogP contribution in [0.4, 0.5) is 5.69 Å². The highest BCUT2D eigenvalue weighted by Gasteiger charge is 2.33. The van der Waals surface area contributed by atoms with Crippen molar-refractivity contribution in [3.8, 4) is 0 Å². The molecule has 3 N–H and O–H groups in total. The van der Waals surface area contributed by atoms with Crippen LogP contribution >= 0.6 is 0 Å². The third kappa shape index (κ3) is 4.72. The molecule has 0 spiro atoms. The summed E-state index contributed by atoms with van der Waals surface area (Å²) in [5.74, 6) is -0.145. The van der Waals surface area contributed by atoms with Crippen molar-refractivity contribution in [2.24, 2.45) is 5.92 Å². The van der Waals surface area contributed by atoms with E-state index in [-0.39, 0.29) is 17.9 Å². The number of benzene rings is 1. The first-order valence-electron chi connectivity index (χ1n) is 7.60. The van der Waals surface area contributed by atoms with Crippen LogP contribution in [-0.2, 0) is 9.53 Å². The second-order valence-corrected chi connectivity index (χ2v) is 5.42. The van der Waals surface area contributed by atoms with E-state index in [1.165, 1.54) is 0 Å². The Balaban J connectivity index is 1.79. The van der Waals surface area contributed by atoms with Crippen LogP contribution < -0.4 is 10.9 Å². The topological polar surface area (TPSA) is 70.6 Å². The summed E-state index contributed by atoms with van der Waals surface area (Å²) in [5, 5.41) is 10.3. The van der Waals surface area contributed by atoms with Gasteiger partial charge in [-0.1, -0.05) is 24.6 Å². The molecule has 0 unspecified atom stereocenters. The fraction of sp³-hybridized carbons (Fsp3) is 0.562. The highest BCUT2D eigenvalue weighted by atomic mass is 16.5. The third-order valence-corrected chi connectivity index (χ3v) is 3.88. The molecule has 1 aromatic rings. The summed E-state index contributed by atoms with van der Waals surface area (Å²) >= 11 is 0. The Morgan fingerprint density at radius 3 is 2.81 bits per heavy atom. The Morgan fingerprint density at radius 2 is 2.10 bits per heavy atom. The summed E-state index contributed by atoms with van der Waals surface area (Å²) < 4.78 is 5.54. The van der Waals surface area contributed by atoms with E-state index in [1.54, 1.807) is 0 Å². The van der Waals surface area contributed by atoms with Crippen molar-refractivity contribution in [1.29, 1.82) is 0 Å². The van der Waals surface area contributed by atoms with Gasteiger partial charge in [0.2, 0.25) is 5.91 Å². The number of hydrogen-bond acceptors (Lipinski definition) is 4. The number of nitrogens with one attached hydrogen (secondary N) is 2. The molecule has 1 saturated carbocycles. The number of anilines is 1. The molecule has 116 valence electrons. The minimum Gasteiger partial charge on any atom is -0.390 e. The van der Waals surface area contributed by atoms with E-state index in [2.05, 4.69) is 10.9 Å². The van der Waals surface area contributed by atoms with Gasteiger partial charge in [0.1, 0.15) is 0 Å². The van der Waals surface area contributed by atoms with Gasteiger partial charge in [0.05, 0.1) is 17.9 Å². The second kappa shape index (κ2) is 8.00. The fourth-order valence-electron chi connectivity index (χ4n) is 2.80. The SMILES string of the molecule is CCO[C@@H]1CCC[C@H](CC(=O)NNc2ccccc2)[C@@H]1O. The zero-order valence-corrected chi connectivity index (χ0v) is 12.4. The Labute approximate surface area is 125 Å². The highest BCUT2D eigenvalue weighted by molar-refractivity contribution is 5.77. The summed E-state index contributed by atoms with van der Waals surface area (Å²) in [6.07, 6.45) is 2.35. The van der Waals surface area contributed by atoms with E-state index in [0.717, 1.165) is 24.9 Å². The van der Waals surface area contributed by atoms with Crippen molar-refractivity contribution in [3.63, 3.8) is 0 Å². The molecule has 0 saturated heterocycles. The number of ether oxygens (including phenoxy) is 1. The van der Waals surface area contributed by atoms with E-state index >= 15 is 0 Å². The van der Waals surface area contributed by atoms with Gasteiger partial charge < -0.3 is 9.84 Å². The molecule has 21 heavy (non-hydrogen) atoms. The zero-order valence-electron chi connectivity index (χ0n) is 12.4. The van der Waals surface area contributed by atoms with Crippen LogP contribution in [0.25, 0.3) is 0 Å². The van der Waals surface area contributed by atoms with Gasteiger partial charge in [0.15, 0.2) is 0 Å². The molecule has 3 atom stereocenters. The first-order chi connectivity index (χ1) is 10.2. The molecule has 0 bridgehead atoms. The van der Waals surface area contributed by atoms with Crippen molar-refractivity contribution in [2.75, 3.05) is 12.0 Å². The summed E-state index contributed by atoms with van der Waals surface area (Å²) in [6, 6.07) is 9.46. The van der Waals surface area contributed by atoms with Crippen LogP contribution in [0, 0.1) is 5.92 Å². The molecular formula is C16H24N2O3. The molecule has 1 amide bonds. The third-order valence-electron chi connectivity index (χ3n) is 3.88. The molecular weight excluding hydrogens is 268 g/mol. The Kier molecular flexibility index (Phi) is 6.02. The van der Waals surface area contributed by atoms with Crippen LogP contribution in [0.15, 0.2) is 30.3 Å². The molecule has 0 aliphatic heterocycles. The highest BCUT2D eigenvalue weighted by Crippen LogP contribution is 2.29. The number of hydrazine groups is 1. The molecule has 1 aliphatic rings. The molecule has 5 heteroatoms. The molecule has 2 rings (SSSR count). The van der Waals surface area contributed by atoms with Crippen molar-refractivity contribution in [2.45, 2.75) is 44.8 Å². The molecule has 1 aliphatic carbocycles. The van der Waals surface area contributed by atoms with Crippen LogP contribution in [0.5, 0.6) is 0 Å². The van der Waals surface area contributed by atoms with Gasteiger partial charge in [-0.25, -0.2) is 0 Å². The summed E-state index contributed by atoms with van der Waals surface area (Å²) in [5.41, 5.74) is 6.38. The van der Waals surface area contributed by atoms with Crippen LogP contribution in [0.2, 0.25) is 0 Å². The zero-order chi connectivity index (χ0) is 15.1. The van der Waals surface area contributed by atoms with Crippen molar-refractivity contribution in [1.82, 2.24) is 5.43 Å². The van der Waals surface area contributed by atoms with Gasteiger partial charge in [0, 0.05) is 13.0 Å².